The number of aldehydes is 1. The van der Waals surface area contributed by atoms with Crippen LogP contribution in [0.5, 0.6) is 0 Å². The zero-order valence-corrected chi connectivity index (χ0v) is 19.0. The number of benzene rings is 1. The molecule has 4 heteroatoms. The van der Waals surface area contributed by atoms with Crippen molar-refractivity contribution in [2.24, 2.45) is 23.2 Å². The van der Waals surface area contributed by atoms with Gasteiger partial charge in [-0.05, 0) is 90.9 Å². The third-order valence-corrected chi connectivity index (χ3v) is 8.98. The van der Waals surface area contributed by atoms with Gasteiger partial charge in [0.1, 0.15) is 12.4 Å². The molecule has 4 aliphatic rings. The SMILES string of the molecule is C[C@]12CCC3=C4CCC(=O)C=C4CC[C@H]3[C@@H]1CC[C@H]2COCC(O)c1ccc(C=O)cc1. The lowest BCUT2D eigenvalue weighted by Gasteiger charge is -2.49. The van der Waals surface area contributed by atoms with E-state index in [1.165, 1.54) is 43.3 Å². The minimum atomic E-state index is -0.666. The molecule has 0 aromatic heterocycles. The molecule has 0 heterocycles. The number of hydrogen-bond acceptors (Lipinski definition) is 4. The fourth-order valence-corrected chi connectivity index (χ4v) is 7.13. The van der Waals surface area contributed by atoms with Crippen molar-refractivity contribution in [3.63, 3.8) is 0 Å². The van der Waals surface area contributed by atoms with Crippen molar-refractivity contribution in [3.05, 3.63) is 58.2 Å². The average Bonchev–Trinajstić information content (AvgIpc) is 3.15. The maximum Gasteiger partial charge on any atom is 0.156 e. The highest BCUT2D eigenvalue weighted by atomic mass is 16.5. The van der Waals surface area contributed by atoms with Crippen molar-refractivity contribution in [2.45, 2.75) is 64.4 Å². The van der Waals surface area contributed by atoms with Crippen molar-refractivity contribution in [1.29, 1.82) is 0 Å². The Morgan fingerprint density at radius 3 is 2.72 bits per heavy atom. The van der Waals surface area contributed by atoms with Gasteiger partial charge in [0.15, 0.2) is 5.78 Å². The number of hydrogen-bond donors (Lipinski definition) is 1. The lowest BCUT2D eigenvalue weighted by molar-refractivity contribution is -0.114. The molecule has 1 aromatic carbocycles. The fraction of sp³-hybridized carbons (Fsp3) is 0.571. The summed E-state index contributed by atoms with van der Waals surface area (Å²) in [5.41, 5.74) is 6.25. The Morgan fingerprint density at radius 2 is 1.94 bits per heavy atom. The van der Waals surface area contributed by atoms with E-state index in [2.05, 4.69) is 6.92 Å². The van der Waals surface area contributed by atoms with E-state index < -0.39 is 6.10 Å². The normalized spacial score (nSPS) is 32.6. The summed E-state index contributed by atoms with van der Waals surface area (Å²) >= 11 is 0. The Balaban J connectivity index is 1.22. The predicted molar refractivity (Wildman–Crippen MR) is 123 cm³/mol. The first-order valence-corrected chi connectivity index (χ1v) is 12.3. The lowest BCUT2D eigenvalue weighted by atomic mass is 9.56. The highest BCUT2D eigenvalue weighted by molar-refractivity contribution is 5.93. The molecule has 0 bridgehead atoms. The van der Waals surface area contributed by atoms with E-state index in [1.807, 2.05) is 6.08 Å². The Hall–Kier alpha value is -2.04. The Morgan fingerprint density at radius 1 is 1.12 bits per heavy atom. The van der Waals surface area contributed by atoms with Crippen molar-refractivity contribution in [3.8, 4) is 0 Å². The second-order valence-corrected chi connectivity index (χ2v) is 10.5. The fourth-order valence-electron chi connectivity index (χ4n) is 7.13. The molecule has 170 valence electrons. The molecule has 0 aliphatic heterocycles. The van der Waals surface area contributed by atoms with E-state index in [0.29, 0.717) is 54.1 Å². The number of carbonyl (C=O) groups excluding carboxylic acids is 2. The standard InChI is InChI=1S/C28H34O4/c1-28-13-12-24-23-10-8-22(30)14-20(23)6-9-25(24)26(28)11-7-21(28)16-32-17-27(31)19-4-2-18(15-29)3-5-19/h2-5,14-15,21,25-27,31H,6-13,16-17H2,1H3/t21-,25+,26-,27?,28+/m0/s1. The van der Waals surface area contributed by atoms with Crippen LogP contribution in [0.15, 0.2) is 47.1 Å². The van der Waals surface area contributed by atoms with Gasteiger partial charge in [0.25, 0.3) is 0 Å². The van der Waals surface area contributed by atoms with Gasteiger partial charge >= 0.3 is 0 Å². The number of carbonyl (C=O) groups is 2. The third-order valence-electron chi connectivity index (χ3n) is 8.98. The monoisotopic (exact) mass is 434 g/mol. The first-order valence-electron chi connectivity index (χ1n) is 12.3. The number of aliphatic hydroxyl groups is 1. The molecule has 2 saturated carbocycles. The third kappa shape index (κ3) is 3.82. The average molecular weight is 435 g/mol. The van der Waals surface area contributed by atoms with Crippen LogP contribution in [0.4, 0.5) is 0 Å². The van der Waals surface area contributed by atoms with Crippen LogP contribution in [-0.2, 0) is 9.53 Å². The highest BCUT2D eigenvalue weighted by Gasteiger charge is 2.53. The second kappa shape index (κ2) is 8.72. The zero-order chi connectivity index (χ0) is 22.3. The van der Waals surface area contributed by atoms with Crippen LogP contribution in [0.3, 0.4) is 0 Å². The van der Waals surface area contributed by atoms with E-state index in [1.54, 1.807) is 29.8 Å². The smallest absolute Gasteiger partial charge is 0.156 e. The summed E-state index contributed by atoms with van der Waals surface area (Å²) in [6, 6.07) is 7.06. The van der Waals surface area contributed by atoms with Gasteiger partial charge in [-0.15, -0.1) is 0 Å². The van der Waals surface area contributed by atoms with Gasteiger partial charge in [-0.2, -0.15) is 0 Å². The summed E-state index contributed by atoms with van der Waals surface area (Å²) in [4.78, 5) is 22.7. The maximum atomic E-state index is 11.9. The summed E-state index contributed by atoms with van der Waals surface area (Å²) in [6.45, 7) is 3.47. The molecule has 0 saturated heterocycles. The number of ketones is 1. The molecule has 4 nitrogen and oxygen atoms in total. The summed E-state index contributed by atoms with van der Waals surface area (Å²) in [5.74, 6) is 2.24. The topological polar surface area (TPSA) is 63.6 Å². The molecule has 2 fully saturated rings. The van der Waals surface area contributed by atoms with Crippen LogP contribution in [-0.4, -0.2) is 30.4 Å². The molecule has 0 radical (unpaired) electrons. The van der Waals surface area contributed by atoms with Crippen LogP contribution in [0.25, 0.3) is 0 Å². The van der Waals surface area contributed by atoms with Gasteiger partial charge in [-0.3, -0.25) is 9.59 Å². The molecular weight excluding hydrogens is 400 g/mol. The number of aliphatic hydroxyl groups excluding tert-OH is 1. The predicted octanol–water partition coefficient (Wildman–Crippen LogP) is 5.37. The van der Waals surface area contributed by atoms with Crippen LogP contribution in [0, 0.1) is 23.2 Å². The van der Waals surface area contributed by atoms with Crippen molar-refractivity contribution >= 4 is 12.1 Å². The van der Waals surface area contributed by atoms with Crippen molar-refractivity contribution in [1.82, 2.24) is 0 Å². The van der Waals surface area contributed by atoms with Crippen molar-refractivity contribution < 1.29 is 19.4 Å². The first-order chi connectivity index (χ1) is 15.5. The minimum Gasteiger partial charge on any atom is -0.386 e. The van der Waals surface area contributed by atoms with Gasteiger partial charge in [0, 0.05) is 12.0 Å². The van der Waals surface area contributed by atoms with E-state index in [-0.39, 0.29) is 0 Å². The molecule has 1 aromatic rings. The maximum absolute atomic E-state index is 11.9. The summed E-state index contributed by atoms with van der Waals surface area (Å²) in [7, 11) is 0. The van der Waals surface area contributed by atoms with E-state index in [9.17, 15) is 14.7 Å². The molecule has 4 aliphatic carbocycles. The van der Waals surface area contributed by atoms with Gasteiger partial charge in [-0.1, -0.05) is 36.8 Å². The van der Waals surface area contributed by atoms with Gasteiger partial charge in [0.05, 0.1) is 13.2 Å². The zero-order valence-electron chi connectivity index (χ0n) is 19.0. The molecule has 5 rings (SSSR count). The van der Waals surface area contributed by atoms with E-state index in [0.717, 1.165) is 24.7 Å². The molecule has 0 amide bonds. The number of rotatable bonds is 6. The van der Waals surface area contributed by atoms with Gasteiger partial charge in [-0.25, -0.2) is 0 Å². The number of allylic oxidation sites excluding steroid dienone is 4. The molecule has 32 heavy (non-hydrogen) atoms. The second-order valence-electron chi connectivity index (χ2n) is 10.5. The van der Waals surface area contributed by atoms with Gasteiger partial charge < -0.3 is 9.84 Å². The summed E-state index contributed by atoms with van der Waals surface area (Å²) in [6.07, 6.45) is 10.8. The Bertz CT molecular complexity index is 956. The number of fused-ring (bicyclic) bond motifs is 4. The Labute approximate surface area is 190 Å². The van der Waals surface area contributed by atoms with Gasteiger partial charge in [0.2, 0.25) is 0 Å². The highest BCUT2D eigenvalue weighted by Crippen LogP contribution is 2.62. The molecular formula is C28H34O4. The summed E-state index contributed by atoms with van der Waals surface area (Å²) < 4.78 is 6.06. The lowest BCUT2D eigenvalue weighted by Crippen LogP contribution is -2.41. The molecule has 1 N–H and O–H groups in total. The van der Waals surface area contributed by atoms with Crippen molar-refractivity contribution in [2.75, 3.05) is 13.2 Å². The van der Waals surface area contributed by atoms with Crippen LogP contribution < -0.4 is 0 Å². The molecule has 1 unspecified atom stereocenters. The first kappa shape index (κ1) is 21.8. The minimum absolute atomic E-state index is 0.290. The van der Waals surface area contributed by atoms with E-state index in [4.69, 9.17) is 4.74 Å². The Kier molecular flexibility index (Phi) is 5.94. The molecule has 0 spiro atoms. The van der Waals surface area contributed by atoms with Crippen LogP contribution in [0.2, 0.25) is 0 Å². The number of ether oxygens (including phenoxy) is 1. The van der Waals surface area contributed by atoms with Crippen LogP contribution >= 0.6 is 0 Å². The molecule has 5 atom stereocenters. The van der Waals surface area contributed by atoms with E-state index >= 15 is 0 Å². The quantitative estimate of drug-likeness (QED) is 0.611. The van der Waals surface area contributed by atoms with Crippen LogP contribution in [0.1, 0.15) is 80.3 Å². The summed E-state index contributed by atoms with van der Waals surface area (Å²) in [5, 5.41) is 10.5. The largest absolute Gasteiger partial charge is 0.386 e.